The molecule has 1 aliphatic rings. The van der Waals surface area contributed by atoms with E-state index in [9.17, 15) is 0 Å². The van der Waals surface area contributed by atoms with Crippen LogP contribution < -0.4 is 0 Å². The van der Waals surface area contributed by atoms with Gasteiger partial charge in [-0.05, 0) is 12.8 Å². The van der Waals surface area contributed by atoms with Gasteiger partial charge in [0.15, 0.2) is 0 Å². The number of rotatable bonds is 5. The van der Waals surface area contributed by atoms with Crippen LogP contribution in [-0.2, 0) is 13.3 Å². The molecule has 81 valence electrons. The molecule has 0 aromatic rings. The molecule has 0 N–H and O–H groups in total. The molecule has 1 radical (unpaired) electrons. The lowest BCUT2D eigenvalue weighted by Gasteiger charge is -2.37. The van der Waals surface area contributed by atoms with E-state index in [0.29, 0.717) is 19.1 Å². The summed E-state index contributed by atoms with van der Waals surface area (Å²) in [4.78, 5) is 0. The summed E-state index contributed by atoms with van der Waals surface area (Å²) in [6.07, 6.45) is 2.04. The molecule has 14 heavy (non-hydrogen) atoms. The van der Waals surface area contributed by atoms with Crippen LogP contribution in [0.15, 0.2) is 0 Å². The van der Waals surface area contributed by atoms with Gasteiger partial charge in [-0.3, -0.25) is 0 Å². The van der Waals surface area contributed by atoms with Crippen LogP contribution in [0.4, 0.5) is 0 Å². The Bertz CT molecular complexity index is 150. The Morgan fingerprint density at radius 3 is 2.71 bits per heavy atom. The highest BCUT2D eigenvalue weighted by atomic mass is 27.1. The standard InChI is InChI=1S/C10H20O3.Al/c1-5-7-10(11,12-6-2)13-8-9(3)4;/h9H,1,5-8H2,2-4H3;/q-1;+1. The Kier molecular flexibility index (Phi) is 5.43. The Hall–Kier alpha value is 0.412. The number of hydrogen-bond donors (Lipinski definition) is 0. The summed E-state index contributed by atoms with van der Waals surface area (Å²) in [7, 11) is 0. The molecule has 1 unspecified atom stereocenters. The maximum atomic E-state index is 5.75. The fraction of sp³-hybridized carbons (Fsp3) is 1.00. The van der Waals surface area contributed by atoms with Gasteiger partial charge in [0.1, 0.15) is 0 Å². The molecule has 4 heteroatoms. The van der Waals surface area contributed by atoms with E-state index >= 15 is 0 Å². The molecule has 0 saturated carbocycles. The van der Waals surface area contributed by atoms with E-state index in [2.05, 4.69) is 13.8 Å². The van der Waals surface area contributed by atoms with Gasteiger partial charge in [-0.15, -0.1) is 0 Å². The molecule has 1 fully saturated rings. The smallest absolute Gasteiger partial charge is 0.430 e. The molecule has 1 aliphatic heterocycles. The second kappa shape index (κ2) is 6.10. The predicted octanol–water partition coefficient (Wildman–Crippen LogP) is 2.20. The second-order valence-electron chi connectivity index (χ2n) is 4.00. The van der Waals surface area contributed by atoms with Crippen molar-refractivity contribution in [3.63, 3.8) is 0 Å². The van der Waals surface area contributed by atoms with Crippen LogP contribution in [0.5, 0.6) is 0 Å². The number of ether oxygens (including phenoxy) is 2. The monoisotopic (exact) mass is 215 g/mol. The minimum absolute atomic E-state index is 0.0527. The Morgan fingerprint density at radius 1 is 1.43 bits per heavy atom. The van der Waals surface area contributed by atoms with Gasteiger partial charge in [0.05, 0.1) is 6.61 Å². The van der Waals surface area contributed by atoms with E-state index in [0.717, 1.165) is 12.8 Å². The van der Waals surface area contributed by atoms with Gasteiger partial charge in [-0.1, -0.05) is 25.6 Å². The van der Waals surface area contributed by atoms with Crippen LogP contribution in [0.1, 0.15) is 33.6 Å². The molecule has 0 bridgehead atoms. The fourth-order valence-electron chi connectivity index (χ4n) is 1.41. The van der Waals surface area contributed by atoms with Gasteiger partial charge in [-0.25, -0.2) is 0 Å². The molecule has 1 heterocycles. The first-order valence-electron chi connectivity index (χ1n) is 5.46. The summed E-state index contributed by atoms with van der Waals surface area (Å²) in [5, 5.41) is 1.19. The molecule has 0 spiro atoms. The molecule has 0 amide bonds. The molecule has 3 nitrogen and oxygen atoms in total. The van der Waals surface area contributed by atoms with E-state index in [4.69, 9.17) is 13.3 Å². The van der Waals surface area contributed by atoms with Crippen molar-refractivity contribution in [1.82, 2.24) is 0 Å². The zero-order chi connectivity index (χ0) is 10.4. The summed E-state index contributed by atoms with van der Waals surface area (Å²) in [6.45, 7) is 7.61. The summed E-state index contributed by atoms with van der Waals surface area (Å²) < 4.78 is 17.0. The van der Waals surface area contributed by atoms with E-state index in [-0.39, 0.29) is 15.6 Å². The average molecular weight is 215 g/mol. The first-order chi connectivity index (χ1) is 6.68. The Balaban J connectivity index is 2.42. The third kappa shape index (κ3) is 3.88. The van der Waals surface area contributed by atoms with Gasteiger partial charge in [0, 0.05) is 13.0 Å². The zero-order valence-corrected chi connectivity index (χ0v) is 10.6. The summed E-state index contributed by atoms with van der Waals surface area (Å²) in [6, 6.07) is 0. The highest BCUT2D eigenvalue weighted by Crippen LogP contribution is 2.27. The van der Waals surface area contributed by atoms with Crippen molar-refractivity contribution in [2.45, 2.75) is 44.9 Å². The Morgan fingerprint density at radius 2 is 2.21 bits per heavy atom. The maximum Gasteiger partial charge on any atom is 0.430 e. The molecular weight excluding hydrogens is 195 g/mol. The zero-order valence-electron chi connectivity index (χ0n) is 9.41. The van der Waals surface area contributed by atoms with Crippen molar-refractivity contribution >= 4 is 15.6 Å². The van der Waals surface area contributed by atoms with Crippen LogP contribution in [0, 0.1) is 5.92 Å². The SMILES string of the molecule is CCOC1(OCC(C)C)CC[CH2][Al][O]1. The minimum Gasteiger partial charge on any atom is -0.462 e. The van der Waals surface area contributed by atoms with E-state index in [1.165, 1.54) is 5.28 Å². The summed E-state index contributed by atoms with van der Waals surface area (Å²) >= 11 is 0.0527. The molecule has 1 atom stereocenters. The predicted molar refractivity (Wildman–Crippen MR) is 56.0 cm³/mol. The van der Waals surface area contributed by atoms with Gasteiger partial charge in [-0.2, -0.15) is 0 Å². The van der Waals surface area contributed by atoms with E-state index in [1.54, 1.807) is 0 Å². The largest absolute Gasteiger partial charge is 0.462 e. The normalized spacial score (nSPS) is 27.7. The van der Waals surface area contributed by atoms with E-state index in [1.807, 2.05) is 6.92 Å². The topological polar surface area (TPSA) is 27.7 Å². The summed E-state index contributed by atoms with van der Waals surface area (Å²) in [5.41, 5.74) is 0. The lowest BCUT2D eigenvalue weighted by atomic mass is 10.2. The van der Waals surface area contributed by atoms with Gasteiger partial charge >= 0.3 is 15.6 Å². The van der Waals surface area contributed by atoms with Crippen molar-refractivity contribution < 1.29 is 13.3 Å². The third-order valence-corrected chi connectivity index (χ3v) is 3.24. The van der Waals surface area contributed by atoms with Gasteiger partial charge < -0.3 is 13.3 Å². The van der Waals surface area contributed by atoms with Crippen molar-refractivity contribution in [2.24, 2.45) is 5.92 Å². The molecular formula is C10H20AlO3. The van der Waals surface area contributed by atoms with Gasteiger partial charge in [0.25, 0.3) is 5.97 Å². The molecule has 1 saturated heterocycles. The molecule has 0 aromatic carbocycles. The average Bonchev–Trinajstić information content (AvgIpc) is 2.17. The minimum atomic E-state index is -0.702. The third-order valence-electron chi connectivity index (χ3n) is 2.07. The highest BCUT2D eigenvalue weighted by molar-refractivity contribution is 6.27. The van der Waals surface area contributed by atoms with E-state index < -0.39 is 5.97 Å². The van der Waals surface area contributed by atoms with Crippen LogP contribution in [0.2, 0.25) is 5.28 Å². The lowest BCUT2D eigenvalue weighted by Crippen LogP contribution is -2.43. The molecule has 0 aliphatic carbocycles. The summed E-state index contributed by atoms with van der Waals surface area (Å²) in [5.74, 6) is -0.181. The Labute approximate surface area is 93.2 Å². The van der Waals surface area contributed by atoms with Crippen molar-refractivity contribution in [3.8, 4) is 0 Å². The lowest BCUT2D eigenvalue weighted by molar-refractivity contribution is -0.353. The maximum absolute atomic E-state index is 5.75. The van der Waals surface area contributed by atoms with Gasteiger partial charge in [0.2, 0.25) is 0 Å². The fourth-order valence-corrected chi connectivity index (χ4v) is 2.41. The molecule has 0 aromatic heterocycles. The first-order valence-corrected chi connectivity index (χ1v) is 6.75. The second-order valence-corrected chi connectivity index (χ2v) is 5.14. The van der Waals surface area contributed by atoms with Crippen molar-refractivity contribution in [3.05, 3.63) is 0 Å². The van der Waals surface area contributed by atoms with Crippen LogP contribution >= 0.6 is 0 Å². The van der Waals surface area contributed by atoms with Crippen LogP contribution in [0.3, 0.4) is 0 Å². The number of hydrogen-bond acceptors (Lipinski definition) is 3. The first kappa shape index (κ1) is 12.5. The highest BCUT2D eigenvalue weighted by Gasteiger charge is 2.35. The quantitative estimate of drug-likeness (QED) is 0.519. The van der Waals surface area contributed by atoms with Crippen molar-refractivity contribution in [2.75, 3.05) is 13.2 Å². The molecule has 1 rings (SSSR count). The van der Waals surface area contributed by atoms with Crippen LogP contribution in [0.25, 0.3) is 0 Å². The van der Waals surface area contributed by atoms with Crippen molar-refractivity contribution in [1.29, 1.82) is 0 Å². The van der Waals surface area contributed by atoms with Crippen LogP contribution in [-0.4, -0.2) is 34.7 Å².